The van der Waals surface area contributed by atoms with Gasteiger partial charge in [-0.1, -0.05) is 0 Å². The number of nitrogens with one attached hydrogen (secondary N) is 1. The predicted molar refractivity (Wildman–Crippen MR) is 184 cm³/mol. The maximum Gasteiger partial charge on any atom is 0.257 e. The van der Waals surface area contributed by atoms with Crippen molar-refractivity contribution in [3.05, 3.63) is 42.1 Å². The van der Waals surface area contributed by atoms with E-state index in [0.717, 1.165) is 77.7 Å². The Morgan fingerprint density at radius 3 is 2.41 bits per heavy atom. The monoisotopic (exact) mass is 680 g/mol. The zero-order chi connectivity index (χ0) is 34.8. The van der Waals surface area contributed by atoms with E-state index in [4.69, 9.17) is 14.2 Å². The van der Waals surface area contributed by atoms with Crippen LogP contribution in [0.25, 0.3) is 0 Å². The average molecular weight is 681 g/mol. The van der Waals surface area contributed by atoms with Crippen LogP contribution in [0, 0.1) is 22.6 Å². The zero-order valence-electron chi connectivity index (χ0n) is 29.8. The fourth-order valence-corrected chi connectivity index (χ4v) is 8.89. The van der Waals surface area contributed by atoms with Crippen molar-refractivity contribution in [2.45, 2.75) is 77.3 Å². The molecule has 2 aromatic rings. The van der Waals surface area contributed by atoms with E-state index in [0.29, 0.717) is 43.0 Å². The number of hydrogen-bond donors (Lipinski definition) is 1. The number of carbonyl (C=O) groups is 2. The predicted octanol–water partition coefficient (Wildman–Crippen LogP) is 4.91. The number of benzene rings is 1. The molecule has 0 unspecified atom stereocenters. The Labute approximate surface area is 289 Å². The molecule has 0 radical (unpaired) electrons. The first-order valence-corrected chi connectivity index (χ1v) is 17.9. The van der Waals surface area contributed by atoms with Crippen LogP contribution in [-0.4, -0.2) is 110 Å². The quantitative estimate of drug-likeness (QED) is 0.335. The summed E-state index contributed by atoms with van der Waals surface area (Å²) < 4.78 is 31.5. The molecule has 2 spiro atoms. The molecule has 268 valence electrons. The molecule has 1 aromatic heterocycles. The van der Waals surface area contributed by atoms with Gasteiger partial charge in [0, 0.05) is 57.4 Å². The van der Waals surface area contributed by atoms with Crippen LogP contribution < -0.4 is 15.0 Å². The number of amides is 2. The lowest BCUT2D eigenvalue weighted by Gasteiger charge is -2.55. The SMILES string of the molecule is CCN(C(=O)c1cc(F)ccc1Oc1cncnc1N1CC2(CCN(CC3CCC4(CC3)CC(COC)(COC)C(=O)N4)CC2)C1)C(C)C. The van der Waals surface area contributed by atoms with Crippen LogP contribution in [0.3, 0.4) is 0 Å². The molecule has 0 bridgehead atoms. The first kappa shape index (κ1) is 35.5. The zero-order valence-corrected chi connectivity index (χ0v) is 29.8. The van der Waals surface area contributed by atoms with Crippen LogP contribution >= 0.6 is 0 Å². The van der Waals surface area contributed by atoms with Crippen LogP contribution in [0.1, 0.15) is 76.1 Å². The standard InChI is InChI=1S/C37H53FN6O5/c1-6-44(26(2)3)33(45)29-17-28(38)7-8-30(29)49-31-18-39-25-40-32(31)43-21-35(22-43)13-15-42(16-14-35)19-27-9-11-37(12-10-27)20-36(23-47-4,24-48-5)34(46)41-37/h7-8,17-18,25-27H,6,9-16,19-24H2,1-5H3,(H,41,46). The fourth-order valence-electron chi connectivity index (χ4n) is 8.89. The Bertz CT molecular complexity index is 1480. The molecule has 4 aliphatic rings. The Hall–Kier alpha value is -3.35. The molecule has 0 atom stereocenters. The molecule has 1 N–H and O–H groups in total. The topological polar surface area (TPSA) is 109 Å². The normalized spacial score (nSPS) is 24.7. The Morgan fingerprint density at radius 1 is 1.08 bits per heavy atom. The Morgan fingerprint density at radius 2 is 1.78 bits per heavy atom. The number of aromatic nitrogens is 2. The summed E-state index contributed by atoms with van der Waals surface area (Å²) in [6.07, 6.45) is 10.5. The Kier molecular flexibility index (Phi) is 10.5. The number of hydrogen-bond acceptors (Lipinski definition) is 9. The van der Waals surface area contributed by atoms with Gasteiger partial charge in [0.15, 0.2) is 11.6 Å². The molecule has 1 aliphatic carbocycles. The second kappa shape index (κ2) is 14.5. The van der Waals surface area contributed by atoms with Crippen molar-refractivity contribution >= 4 is 17.6 Å². The highest BCUT2D eigenvalue weighted by molar-refractivity contribution is 5.97. The van der Waals surface area contributed by atoms with Gasteiger partial charge in [-0.3, -0.25) is 9.59 Å². The van der Waals surface area contributed by atoms with Gasteiger partial charge in [-0.2, -0.15) is 0 Å². The molecular formula is C37H53FN6O5. The fraction of sp³-hybridized carbons (Fsp3) is 0.676. The smallest absolute Gasteiger partial charge is 0.257 e. The molecule has 1 aromatic carbocycles. The van der Waals surface area contributed by atoms with Crippen molar-refractivity contribution in [2.75, 3.05) is 71.6 Å². The molecular weight excluding hydrogens is 627 g/mol. The lowest BCUT2D eigenvalue weighted by atomic mass is 9.70. The van der Waals surface area contributed by atoms with Crippen LogP contribution in [0.2, 0.25) is 0 Å². The maximum absolute atomic E-state index is 14.3. The third-order valence-electron chi connectivity index (χ3n) is 11.5. The number of likely N-dealkylation sites (tertiary alicyclic amines) is 1. The molecule has 6 rings (SSSR count). The molecule has 4 fully saturated rings. The van der Waals surface area contributed by atoms with E-state index >= 15 is 0 Å². The summed E-state index contributed by atoms with van der Waals surface area (Å²) in [4.78, 5) is 41.7. The lowest BCUT2D eigenvalue weighted by Crippen LogP contribution is -2.61. The molecule has 3 aliphatic heterocycles. The molecule has 11 nitrogen and oxygen atoms in total. The molecule has 49 heavy (non-hydrogen) atoms. The van der Waals surface area contributed by atoms with Crippen LogP contribution in [0.15, 0.2) is 30.7 Å². The summed E-state index contributed by atoms with van der Waals surface area (Å²) in [6, 6.07) is 4.02. The van der Waals surface area contributed by atoms with Crippen molar-refractivity contribution in [1.82, 2.24) is 25.1 Å². The first-order valence-electron chi connectivity index (χ1n) is 17.9. The van der Waals surface area contributed by atoms with Gasteiger partial charge < -0.3 is 34.2 Å². The molecule has 3 saturated heterocycles. The van der Waals surface area contributed by atoms with Gasteiger partial charge in [-0.25, -0.2) is 14.4 Å². The molecule has 4 heterocycles. The number of halogens is 1. The maximum atomic E-state index is 14.3. The van der Waals surface area contributed by atoms with E-state index in [1.807, 2.05) is 20.8 Å². The largest absolute Gasteiger partial charge is 0.451 e. The summed E-state index contributed by atoms with van der Waals surface area (Å²) in [5.74, 6) is 1.39. The number of methoxy groups -OCH3 is 2. The van der Waals surface area contributed by atoms with E-state index < -0.39 is 11.2 Å². The minimum Gasteiger partial charge on any atom is -0.451 e. The number of rotatable bonds is 12. The van der Waals surface area contributed by atoms with E-state index in [1.165, 1.54) is 24.5 Å². The first-order chi connectivity index (χ1) is 23.5. The van der Waals surface area contributed by atoms with Crippen molar-refractivity contribution in [3.8, 4) is 11.5 Å². The summed E-state index contributed by atoms with van der Waals surface area (Å²) in [6.45, 7) is 12.1. The van der Waals surface area contributed by atoms with Gasteiger partial charge in [-0.15, -0.1) is 0 Å². The highest BCUT2D eigenvalue weighted by Gasteiger charge is 2.55. The third kappa shape index (κ3) is 7.28. The van der Waals surface area contributed by atoms with Gasteiger partial charge in [0.05, 0.1) is 30.4 Å². The van der Waals surface area contributed by atoms with Gasteiger partial charge in [0.1, 0.15) is 17.9 Å². The highest BCUT2D eigenvalue weighted by Crippen LogP contribution is 2.47. The minimum atomic E-state index is -0.583. The second-order valence-electron chi connectivity index (χ2n) is 15.3. The third-order valence-corrected chi connectivity index (χ3v) is 11.5. The Balaban J connectivity index is 1.02. The van der Waals surface area contributed by atoms with Gasteiger partial charge in [0.2, 0.25) is 5.91 Å². The van der Waals surface area contributed by atoms with E-state index in [1.54, 1.807) is 25.3 Å². The van der Waals surface area contributed by atoms with Crippen molar-refractivity contribution < 1.29 is 28.2 Å². The molecule has 12 heteroatoms. The van der Waals surface area contributed by atoms with Crippen molar-refractivity contribution in [3.63, 3.8) is 0 Å². The van der Waals surface area contributed by atoms with Crippen molar-refractivity contribution in [1.29, 1.82) is 0 Å². The number of carbonyl (C=O) groups excluding carboxylic acids is 2. The summed E-state index contributed by atoms with van der Waals surface area (Å²) in [5, 5.41) is 3.37. The minimum absolute atomic E-state index is 0.0348. The summed E-state index contributed by atoms with van der Waals surface area (Å²) in [5.41, 5.74) is -0.289. The average Bonchev–Trinajstić information content (AvgIpc) is 3.32. The lowest BCUT2D eigenvalue weighted by molar-refractivity contribution is -0.133. The molecule has 2 amide bonds. The van der Waals surface area contributed by atoms with Gasteiger partial charge in [0.25, 0.3) is 5.91 Å². The van der Waals surface area contributed by atoms with Crippen LogP contribution in [0.5, 0.6) is 11.5 Å². The van der Waals surface area contributed by atoms with E-state index in [2.05, 4.69) is 25.1 Å². The van der Waals surface area contributed by atoms with Crippen LogP contribution in [-0.2, 0) is 14.3 Å². The van der Waals surface area contributed by atoms with E-state index in [9.17, 15) is 14.0 Å². The summed E-state index contributed by atoms with van der Waals surface area (Å²) in [7, 11) is 3.31. The second-order valence-corrected chi connectivity index (χ2v) is 15.3. The van der Waals surface area contributed by atoms with Gasteiger partial charge in [-0.05, 0) is 103 Å². The number of piperidine rings is 1. The van der Waals surface area contributed by atoms with Crippen LogP contribution in [0.4, 0.5) is 10.2 Å². The summed E-state index contributed by atoms with van der Waals surface area (Å²) >= 11 is 0. The molecule has 1 saturated carbocycles. The highest BCUT2D eigenvalue weighted by atomic mass is 19.1. The number of ether oxygens (including phenoxy) is 3. The van der Waals surface area contributed by atoms with Crippen molar-refractivity contribution in [2.24, 2.45) is 16.7 Å². The number of nitrogens with zero attached hydrogens (tertiary/aromatic N) is 5. The van der Waals surface area contributed by atoms with E-state index in [-0.39, 0.29) is 34.4 Å². The van der Waals surface area contributed by atoms with Gasteiger partial charge >= 0.3 is 0 Å². The number of anilines is 1.